The van der Waals surface area contributed by atoms with Crippen LogP contribution in [-0.4, -0.2) is 24.5 Å². The molecule has 0 aromatic heterocycles. The molecule has 0 radical (unpaired) electrons. The molecule has 0 saturated heterocycles. The van der Waals surface area contributed by atoms with Crippen molar-refractivity contribution in [3.05, 3.63) is 41.2 Å². The Labute approximate surface area is 106 Å². The normalized spacial score (nSPS) is 11.2. The summed E-state index contributed by atoms with van der Waals surface area (Å²) in [6.07, 6.45) is 0. The molecule has 5 heteroatoms. The van der Waals surface area contributed by atoms with Gasteiger partial charge in [0.05, 0.1) is 13.2 Å². The molecule has 0 spiro atoms. The average Bonchev–Trinajstić information content (AvgIpc) is 2.39. The number of carbonyl (C=O) groups excluding carboxylic acids is 2. The predicted molar refractivity (Wildman–Crippen MR) is 66.3 cm³/mol. The zero-order valence-electron chi connectivity index (χ0n) is 10.3. The number of esters is 1. The standard InChI is InChI=1S/C13H14N2O3/c1-4-18-13(17)9(2)15-12(16)10-5-7-11(14-3)8-6-10/h5-9H,4H2,1-2H3,(H,15,16)/t9-/m0/s1. The first kappa shape index (κ1) is 13.7. The highest BCUT2D eigenvalue weighted by Crippen LogP contribution is 2.12. The van der Waals surface area contributed by atoms with Crippen LogP contribution in [0, 0.1) is 6.57 Å². The summed E-state index contributed by atoms with van der Waals surface area (Å²) >= 11 is 0. The molecule has 0 fully saturated rings. The van der Waals surface area contributed by atoms with E-state index in [1.807, 2.05) is 0 Å². The lowest BCUT2D eigenvalue weighted by molar-refractivity contribution is -0.144. The van der Waals surface area contributed by atoms with E-state index >= 15 is 0 Å². The molecule has 0 heterocycles. The molecule has 0 saturated carbocycles. The molecule has 0 bridgehead atoms. The Morgan fingerprint density at radius 3 is 2.50 bits per heavy atom. The highest BCUT2D eigenvalue weighted by Gasteiger charge is 2.17. The maximum atomic E-state index is 11.8. The largest absolute Gasteiger partial charge is 0.464 e. The van der Waals surface area contributed by atoms with Crippen molar-refractivity contribution < 1.29 is 14.3 Å². The Balaban J connectivity index is 2.65. The Morgan fingerprint density at radius 1 is 1.39 bits per heavy atom. The van der Waals surface area contributed by atoms with Gasteiger partial charge >= 0.3 is 5.97 Å². The van der Waals surface area contributed by atoms with E-state index in [-0.39, 0.29) is 12.5 Å². The zero-order valence-corrected chi connectivity index (χ0v) is 10.3. The highest BCUT2D eigenvalue weighted by atomic mass is 16.5. The molecular formula is C13H14N2O3. The van der Waals surface area contributed by atoms with Crippen molar-refractivity contribution in [1.29, 1.82) is 0 Å². The first-order chi connectivity index (χ1) is 8.58. The summed E-state index contributed by atoms with van der Waals surface area (Å²) in [4.78, 5) is 26.3. The first-order valence-corrected chi connectivity index (χ1v) is 5.53. The summed E-state index contributed by atoms with van der Waals surface area (Å²) in [5.41, 5.74) is 0.864. The zero-order chi connectivity index (χ0) is 13.5. The summed E-state index contributed by atoms with van der Waals surface area (Å²) in [5, 5.41) is 2.53. The van der Waals surface area contributed by atoms with Gasteiger partial charge in [-0.05, 0) is 13.8 Å². The van der Waals surface area contributed by atoms with Gasteiger partial charge in [-0.2, -0.15) is 0 Å². The third-order valence-corrected chi connectivity index (χ3v) is 2.25. The summed E-state index contributed by atoms with van der Waals surface area (Å²) < 4.78 is 4.78. The van der Waals surface area contributed by atoms with Crippen LogP contribution >= 0.6 is 0 Å². The average molecular weight is 246 g/mol. The van der Waals surface area contributed by atoms with E-state index in [9.17, 15) is 9.59 Å². The number of rotatable bonds is 4. The van der Waals surface area contributed by atoms with Gasteiger partial charge in [0.25, 0.3) is 5.91 Å². The van der Waals surface area contributed by atoms with Gasteiger partial charge in [0.15, 0.2) is 5.69 Å². The number of hydrogen-bond acceptors (Lipinski definition) is 3. The Hall–Kier alpha value is -2.35. The summed E-state index contributed by atoms with van der Waals surface area (Å²) in [6, 6.07) is 5.49. The Morgan fingerprint density at radius 2 is 2.00 bits per heavy atom. The third-order valence-electron chi connectivity index (χ3n) is 2.25. The number of nitrogens with one attached hydrogen (secondary N) is 1. The highest BCUT2D eigenvalue weighted by molar-refractivity contribution is 5.96. The number of benzene rings is 1. The van der Waals surface area contributed by atoms with Crippen molar-refractivity contribution in [1.82, 2.24) is 5.32 Å². The van der Waals surface area contributed by atoms with Crippen molar-refractivity contribution in [2.75, 3.05) is 6.61 Å². The van der Waals surface area contributed by atoms with E-state index in [2.05, 4.69) is 10.2 Å². The molecule has 94 valence electrons. The van der Waals surface area contributed by atoms with E-state index in [1.54, 1.807) is 38.1 Å². The van der Waals surface area contributed by atoms with Crippen LogP contribution in [0.1, 0.15) is 24.2 Å². The van der Waals surface area contributed by atoms with Crippen LogP contribution in [0.5, 0.6) is 0 Å². The number of nitrogens with zero attached hydrogens (tertiary/aromatic N) is 1. The van der Waals surface area contributed by atoms with Crippen molar-refractivity contribution >= 4 is 17.6 Å². The SMILES string of the molecule is [C-]#[N+]c1ccc(C(=O)N[C@@H](C)C(=O)OCC)cc1. The van der Waals surface area contributed by atoms with Gasteiger partial charge in [0, 0.05) is 5.56 Å². The molecule has 1 atom stereocenters. The molecule has 0 aliphatic rings. The van der Waals surface area contributed by atoms with Crippen LogP contribution < -0.4 is 5.32 Å². The summed E-state index contributed by atoms with van der Waals surface area (Å²) in [7, 11) is 0. The van der Waals surface area contributed by atoms with Crippen LogP contribution in [0.3, 0.4) is 0 Å². The fourth-order valence-electron chi connectivity index (χ4n) is 1.29. The van der Waals surface area contributed by atoms with Crippen molar-refractivity contribution in [3.63, 3.8) is 0 Å². The third kappa shape index (κ3) is 3.59. The maximum Gasteiger partial charge on any atom is 0.328 e. The van der Waals surface area contributed by atoms with Crippen molar-refractivity contribution in [2.45, 2.75) is 19.9 Å². The molecular weight excluding hydrogens is 232 g/mol. The van der Waals surface area contributed by atoms with Crippen LogP contribution in [0.2, 0.25) is 0 Å². The Bertz CT molecular complexity index is 474. The maximum absolute atomic E-state index is 11.8. The molecule has 0 aliphatic heterocycles. The molecule has 5 nitrogen and oxygen atoms in total. The molecule has 18 heavy (non-hydrogen) atoms. The molecule has 1 N–H and O–H groups in total. The van der Waals surface area contributed by atoms with Crippen LogP contribution in [0.25, 0.3) is 4.85 Å². The first-order valence-electron chi connectivity index (χ1n) is 5.53. The number of carbonyl (C=O) groups is 2. The number of ether oxygens (including phenoxy) is 1. The topological polar surface area (TPSA) is 59.8 Å². The minimum absolute atomic E-state index is 0.277. The second-order valence-electron chi connectivity index (χ2n) is 3.61. The quantitative estimate of drug-likeness (QED) is 0.652. The van der Waals surface area contributed by atoms with Crippen molar-refractivity contribution in [2.24, 2.45) is 0 Å². The minimum Gasteiger partial charge on any atom is -0.464 e. The predicted octanol–water partition coefficient (Wildman–Crippen LogP) is 1.92. The van der Waals surface area contributed by atoms with Crippen LogP contribution in [-0.2, 0) is 9.53 Å². The monoisotopic (exact) mass is 246 g/mol. The van der Waals surface area contributed by atoms with Crippen LogP contribution in [0.4, 0.5) is 5.69 Å². The lowest BCUT2D eigenvalue weighted by atomic mass is 10.2. The summed E-state index contributed by atoms with van der Waals surface area (Å²) in [6.45, 7) is 10.3. The summed E-state index contributed by atoms with van der Waals surface area (Å²) in [5.74, 6) is -0.837. The van der Waals surface area contributed by atoms with Crippen molar-refractivity contribution in [3.8, 4) is 0 Å². The van der Waals surface area contributed by atoms with E-state index in [4.69, 9.17) is 11.3 Å². The number of amides is 1. The van der Waals surface area contributed by atoms with Gasteiger partial charge < -0.3 is 10.1 Å². The fraction of sp³-hybridized carbons (Fsp3) is 0.308. The van der Waals surface area contributed by atoms with Gasteiger partial charge in [0.2, 0.25) is 0 Å². The second-order valence-corrected chi connectivity index (χ2v) is 3.61. The Kier molecular flexibility index (Phi) is 4.88. The fourth-order valence-corrected chi connectivity index (χ4v) is 1.29. The molecule has 1 amide bonds. The molecule has 1 rings (SSSR count). The van der Waals surface area contributed by atoms with Gasteiger partial charge in [-0.1, -0.05) is 24.3 Å². The van der Waals surface area contributed by atoms with Crippen LogP contribution in [0.15, 0.2) is 24.3 Å². The van der Waals surface area contributed by atoms with E-state index in [1.165, 1.54) is 0 Å². The lowest BCUT2D eigenvalue weighted by Crippen LogP contribution is -2.39. The molecule has 0 aliphatic carbocycles. The number of hydrogen-bond donors (Lipinski definition) is 1. The van der Waals surface area contributed by atoms with Gasteiger partial charge in [0.1, 0.15) is 6.04 Å². The lowest BCUT2D eigenvalue weighted by Gasteiger charge is -2.12. The van der Waals surface area contributed by atoms with Gasteiger partial charge in [-0.15, -0.1) is 0 Å². The van der Waals surface area contributed by atoms with Gasteiger partial charge in [-0.3, -0.25) is 4.79 Å². The molecule has 1 aromatic carbocycles. The van der Waals surface area contributed by atoms with E-state index in [0.29, 0.717) is 11.3 Å². The second kappa shape index (κ2) is 6.40. The van der Waals surface area contributed by atoms with E-state index in [0.717, 1.165) is 0 Å². The molecule has 0 unspecified atom stereocenters. The van der Waals surface area contributed by atoms with Gasteiger partial charge in [-0.25, -0.2) is 9.64 Å². The smallest absolute Gasteiger partial charge is 0.328 e. The van der Waals surface area contributed by atoms with E-state index < -0.39 is 12.0 Å². The minimum atomic E-state index is -0.696. The molecule has 1 aromatic rings.